The third-order valence-electron chi connectivity index (χ3n) is 2.75. The van der Waals surface area contributed by atoms with Crippen molar-refractivity contribution in [2.75, 3.05) is 5.32 Å². The monoisotopic (exact) mass is 272 g/mol. The van der Waals surface area contributed by atoms with E-state index < -0.39 is 0 Å². The summed E-state index contributed by atoms with van der Waals surface area (Å²) in [6, 6.07) is 4.91. The number of rotatable bonds is 4. The summed E-state index contributed by atoms with van der Waals surface area (Å²) < 4.78 is 1.28. The molecular weight excluding hydrogens is 256 g/mol. The van der Waals surface area contributed by atoms with Gasteiger partial charge in [-0.2, -0.15) is 0 Å². The number of hydrogen-bond acceptors (Lipinski definition) is 4. The molecule has 6 heteroatoms. The van der Waals surface area contributed by atoms with Gasteiger partial charge in [-0.25, -0.2) is 4.98 Å². The van der Waals surface area contributed by atoms with Gasteiger partial charge in [-0.1, -0.05) is 13.8 Å². The van der Waals surface area contributed by atoms with Crippen molar-refractivity contribution in [3.8, 4) is 0 Å². The summed E-state index contributed by atoms with van der Waals surface area (Å²) >= 11 is 0. The molecule has 0 aliphatic carbocycles. The van der Waals surface area contributed by atoms with E-state index in [1.165, 1.54) is 17.0 Å². The first-order valence-electron chi connectivity index (χ1n) is 6.32. The number of hydrogen-bond donors (Lipinski definition) is 1. The molecule has 2 aromatic rings. The summed E-state index contributed by atoms with van der Waals surface area (Å²) in [4.78, 5) is 31.8. The van der Waals surface area contributed by atoms with Crippen LogP contribution in [0.4, 0.5) is 5.69 Å². The maximum absolute atomic E-state index is 11.9. The van der Waals surface area contributed by atoms with Gasteiger partial charge in [0.1, 0.15) is 6.54 Å². The van der Waals surface area contributed by atoms with Crippen molar-refractivity contribution in [2.45, 2.75) is 26.3 Å². The first-order valence-corrected chi connectivity index (χ1v) is 6.32. The van der Waals surface area contributed by atoms with E-state index in [4.69, 9.17) is 0 Å². The second-order valence-electron chi connectivity index (χ2n) is 4.72. The molecule has 1 N–H and O–H groups in total. The minimum Gasteiger partial charge on any atom is -0.323 e. The normalized spacial score (nSPS) is 10.6. The van der Waals surface area contributed by atoms with Crippen molar-refractivity contribution in [1.82, 2.24) is 14.5 Å². The van der Waals surface area contributed by atoms with E-state index in [2.05, 4.69) is 15.3 Å². The van der Waals surface area contributed by atoms with E-state index in [1.54, 1.807) is 24.5 Å². The van der Waals surface area contributed by atoms with E-state index in [9.17, 15) is 9.59 Å². The van der Waals surface area contributed by atoms with E-state index in [-0.39, 0.29) is 23.9 Å². The Hall–Kier alpha value is -2.50. The molecule has 1 amide bonds. The zero-order valence-corrected chi connectivity index (χ0v) is 11.4. The second-order valence-corrected chi connectivity index (χ2v) is 4.72. The molecule has 0 spiro atoms. The zero-order valence-electron chi connectivity index (χ0n) is 11.4. The molecular formula is C14H16N4O2. The van der Waals surface area contributed by atoms with Gasteiger partial charge < -0.3 is 5.32 Å². The van der Waals surface area contributed by atoms with E-state index in [0.717, 1.165) is 5.69 Å². The molecule has 104 valence electrons. The van der Waals surface area contributed by atoms with Gasteiger partial charge in [-0.05, 0) is 18.1 Å². The number of amides is 1. The Bertz CT molecular complexity index is 650. The lowest BCUT2D eigenvalue weighted by molar-refractivity contribution is -0.116. The van der Waals surface area contributed by atoms with Crippen molar-refractivity contribution >= 4 is 11.6 Å². The van der Waals surface area contributed by atoms with Crippen LogP contribution in [0.3, 0.4) is 0 Å². The molecule has 0 saturated heterocycles. The van der Waals surface area contributed by atoms with Gasteiger partial charge in [0.2, 0.25) is 5.91 Å². The zero-order chi connectivity index (χ0) is 14.5. The van der Waals surface area contributed by atoms with Gasteiger partial charge in [-0.15, -0.1) is 0 Å². The van der Waals surface area contributed by atoms with Gasteiger partial charge in [0, 0.05) is 12.3 Å². The van der Waals surface area contributed by atoms with Crippen LogP contribution in [0.2, 0.25) is 0 Å². The largest absolute Gasteiger partial charge is 0.323 e. The third-order valence-corrected chi connectivity index (χ3v) is 2.75. The van der Waals surface area contributed by atoms with E-state index in [1.807, 2.05) is 13.8 Å². The SMILES string of the molecule is CC(C)c1cc(=O)n(CC(=O)Nc2cccnc2)cn1. The van der Waals surface area contributed by atoms with Crippen LogP contribution < -0.4 is 10.9 Å². The maximum Gasteiger partial charge on any atom is 0.254 e. The van der Waals surface area contributed by atoms with Crippen molar-refractivity contribution in [3.63, 3.8) is 0 Å². The van der Waals surface area contributed by atoms with Crippen molar-refractivity contribution in [2.24, 2.45) is 0 Å². The molecule has 2 rings (SSSR count). The summed E-state index contributed by atoms with van der Waals surface area (Å²) in [5.41, 5.74) is 1.08. The molecule has 0 bridgehead atoms. The van der Waals surface area contributed by atoms with Crippen molar-refractivity contribution in [3.05, 3.63) is 53.0 Å². The molecule has 6 nitrogen and oxygen atoms in total. The molecule has 0 fully saturated rings. The first-order chi connectivity index (χ1) is 9.56. The quantitative estimate of drug-likeness (QED) is 0.912. The van der Waals surface area contributed by atoms with Crippen LogP contribution in [-0.2, 0) is 11.3 Å². The van der Waals surface area contributed by atoms with Gasteiger partial charge in [0.15, 0.2) is 0 Å². The van der Waals surface area contributed by atoms with Gasteiger partial charge >= 0.3 is 0 Å². The fourth-order valence-corrected chi connectivity index (χ4v) is 1.67. The maximum atomic E-state index is 11.9. The third kappa shape index (κ3) is 3.50. The number of carbonyl (C=O) groups excluding carboxylic acids is 1. The lowest BCUT2D eigenvalue weighted by Gasteiger charge is -2.08. The molecule has 2 heterocycles. The highest BCUT2D eigenvalue weighted by Gasteiger charge is 2.08. The Morgan fingerprint density at radius 3 is 2.85 bits per heavy atom. The van der Waals surface area contributed by atoms with Crippen LogP contribution in [0.15, 0.2) is 41.7 Å². The summed E-state index contributed by atoms with van der Waals surface area (Å²) in [6.45, 7) is 3.85. The predicted molar refractivity (Wildman–Crippen MR) is 75.5 cm³/mol. The Morgan fingerprint density at radius 2 is 2.25 bits per heavy atom. The highest BCUT2D eigenvalue weighted by atomic mass is 16.2. The van der Waals surface area contributed by atoms with Crippen LogP contribution in [0.25, 0.3) is 0 Å². The van der Waals surface area contributed by atoms with Gasteiger partial charge in [0.05, 0.1) is 23.9 Å². The number of pyridine rings is 1. The smallest absolute Gasteiger partial charge is 0.254 e. The molecule has 0 unspecified atom stereocenters. The molecule has 2 aromatic heterocycles. The van der Waals surface area contributed by atoms with Crippen molar-refractivity contribution in [1.29, 1.82) is 0 Å². The lowest BCUT2D eigenvalue weighted by atomic mass is 10.1. The number of aromatic nitrogens is 3. The number of carbonyl (C=O) groups is 1. The van der Waals surface area contributed by atoms with E-state index in [0.29, 0.717) is 5.69 Å². The highest BCUT2D eigenvalue weighted by Crippen LogP contribution is 2.07. The Kier molecular flexibility index (Phi) is 4.24. The minimum atomic E-state index is -0.292. The lowest BCUT2D eigenvalue weighted by Crippen LogP contribution is -2.28. The van der Waals surface area contributed by atoms with Crippen LogP contribution >= 0.6 is 0 Å². The molecule has 0 aromatic carbocycles. The summed E-state index contributed by atoms with van der Waals surface area (Å²) in [5.74, 6) is -0.110. The molecule has 0 radical (unpaired) electrons. The summed E-state index contributed by atoms with van der Waals surface area (Å²) in [5, 5.41) is 2.67. The highest BCUT2D eigenvalue weighted by molar-refractivity contribution is 5.90. The Labute approximate surface area is 116 Å². The first kappa shape index (κ1) is 13.9. The molecule has 0 saturated carbocycles. The van der Waals surface area contributed by atoms with Crippen LogP contribution in [0.5, 0.6) is 0 Å². The summed E-state index contributed by atoms with van der Waals surface area (Å²) in [7, 11) is 0. The number of anilines is 1. The summed E-state index contributed by atoms with van der Waals surface area (Å²) in [6.07, 6.45) is 4.57. The van der Waals surface area contributed by atoms with Crippen LogP contribution in [-0.4, -0.2) is 20.4 Å². The Balaban J connectivity index is 2.07. The number of nitrogens with zero attached hydrogens (tertiary/aromatic N) is 3. The fraction of sp³-hybridized carbons (Fsp3) is 0.286. The van der Waals surface area contributed by atoms with Gasteiger partial charge in [-0.3, -0.25) is 19.1 Å². The number of nitrogens with one attached hydrogen (secondary N) is 1. The topological polar surface area (TPSA) is 76.9 Å². The molecule has 20 heavy (non-hydrogen) atoms. The van der Waals surface area contributed by atoms with E-state index >= 15 is 0 Å². The van der Waals surface area contributed by atoms with Crippen LogP contribution in [0, 0.1) is 0 Å². The molecule has 0 aliphatic rings. The fourth-order valence-electron chi connectivity index (χ4n) is 1.67. The Morgan fingerprint density at radius 1 is 1.45 bits per heavy atom. The average Bonchev–Trinajstić information content (AvgIpc) is 2.42. The predicted octanol–water partition coefficient (Wildman–Crippen LogP) is 1.40. The minimum absolute atomic E-state index is 0.0703. The molecule has 0 atom stereocenters. The molecule has 0 aliphatic heterocycles. The van der Waals surface area contributed by atoms with Crippen molar-refractivity contribution < 1.29 is 4.79 Å². The average molecular weight is 272 g/mol. The van der Waals surface area contributed by atoms with Crippen LogP contribution in [0.1, 0.15) is 25.5 Å². The standard InChI is InChI=1S/C14H16N4O2/c1-10(2)12-6-14(20)18(9-16-12)8-13(19)17-11-4-3-5-15-7-11/h3-7,9-10H,8H2,1-2H3,(H,17,19). The second kappa shape index (κ2) is 6.10. The van der Waals surface area contributed by atoms with Gasteiger partial charge in [0.25, 0.3) is 5.56 Å².